The van der Waals surface area contributed by atoms with Crippen LogP contribution in [0.4, 0.5) is 0 Å². The zero-order valence-corrected chi connectivity index (χ0v) is 29.3. The lowest BCUT2D eigenvalue weighted by Gasteiger charge is -2.42. The van der Waals surface area contributed by atoms with Crippen LogP contribution in [0.5, 0.6) is 17.2 Å². The first kappa shape index (κ1) is 36.6. The van der Waals surface area contributed by atoms with Crippen molar-refractivity contribution in [2.75, 3.05) is 45.9 Å². The van der Waals surface area contributed by atoms with Gasteiger partial charge < -0.3 is 34.8 Å². The van der Waals surface area contributed by atoms with Gasteiger partial charge in [-0.05, 0) is 147 Å². The van der Waals surface area contributed by atoms with E-state index in [-0.39, 0.29) is 24.0 Å². The van der Waals surface area contributed by atoms with Gasteiger partial charge in [0, 0.05) is 24.3 Å². The molecule has 2 aliphatic heterocycles. The third kappa shape index (κ3) is 10.6. The molecular formula is C39H58N4O4. The molecule has 0 radical (unpaired) electrons. The molecule has 2 fully saturated rings. The van der Waals surface area contributed by atoms with Gasteiger partial charge in [0.2, 0.25) is 0 Å². The van der Waals surface area contributed by atoms with Gasteiger partial charge in [0.1, 0.15) is 5.75 Å². The molecule has 0 aliphatic carbocycles. The highest BCUT2D eigenvalue weighted by atomic mass is 16.5. The number of carbonyl (C=O) groups is 1. The zero-order valence-electron chi connectivity index (χ0n) is 29.3. The third-order valence-electron chi connectivity index (χ3n) is 9.78. The molecule has 258 valence electrons. The fourth-order valence-corrected chi connectivity index (χ4v) is 7.32. The molecule has 2 aliphatic rings. The average Bonchev–Trinajstić information content (AvgIpc) is 3.07. The van der Waals surface area contributed by atoms with E-state index in [0.717, 1.165) is 42.9 Å². The molecule has 1 atom stereocenters. The first-order valence-corrected chi connectivity index (χ1v) is 18.0. The zero-order chi connectivity index (χ0) is 33.6. The number of hydrogen-bond donors (Lipinski definition) is 2. The molecule has 2 aromatic rings. The second-order valence-corrected chi connectivity index (χ2v) is 13.5. The monoisotopic (exact) mass is 646 g/mol. The Bertz CT molecular complexity index is 1300. The molecule has 0 spiro atoms. The van der Waals surface area contributed by atoms with E-state index in [0.29, 0.717) is 50.0 Å². The van der Waals surface area contributed by atoms with Crippen LogP contribution >= 0.6 is 0 Å². The summed E-state index contributed by atoms with van der Waals surface area (Å²) < 4.78 is 17.8. The topological polar surface area (TPSA) is 98.9 Å². The van der Waals surface area contributed by atoms with Gasteiger partial charge in [0.15, 0.2) is 17.3 Å². The van der Waals surface area contributed by atoms with Gasteiger partial charge >= 0.3 is 0 Å². The van der Waals surface area contributed by atoms with E-state index < -0.39 is 5.41 Å². The van der Waals surface area contributed by atoms with Crippen molar-refractivity contribution in [3.05, 3.63) is 53.6 Å². The standard InChI is InChI=1S/C39H58N4O4/c1-5-45-37-15-14-32(28-38(37)46-6-2)39(18-11-20-40,19-25-42-23-16-33(17-24-42)43-21-8-7-9-22-43)29-35(41)36(44)27-31-12-10-13-34(26-31)47-30(3)4/h10,12-15,20,26,28,30,33,40-41H,5-9,11,16-19,21-25,27,29H2,1-4H3/t39-/m0/s1. The lowest BCUT2D eigenvalue weighted by Crippen LogP contribution is -2.47. The second-order valence-electron chi connectivity index (χ2n) is 13.5. The number of likely N-dealkylation sites (tertiary alicyclic amines) is 2. The number of hydrogen-bond acceptors (Lipinski definition) is 8. The smallest absolute Gasteiger partial charge is 0.180 e. The molecule has 2 N–H and O–H groups in total. The fourth-order valence-electron chi connectivity index (χ4n) is 7.32. The van der Waals surface area contributed by atoms with Gasteiger partial charge in [0.25, 0.3) is 0 Å². The Morgan fingerprint density at radius 2 is 1.68 bits per heavy atom. The van der Waals surface area contributed by atoms with E-state index in [1.165, 1.54) is 51.4 Å². The number of carbonyl (C=O) groups excluding carboxylic acids is 1. The van der Waals surface area contributed by atoms with Crippen molar-refractivity contribution in [2.45, 2.75) is 109 Å². The minimum absolute atomic E-state index is 0.0416. The molecule has 4 rings (SSSR count). The molecular weight excluding hydrogens is 588 g/mol. The molecule has 8 nitrogen and oxygen atoms in total. The lowest BCUT2D eigenvalue weighted by molar-refractivity contribution is -0.112. The first-order valence-electron chi connectivity index (χ1n) is 18.0. The van der Waals surface area contributed by atoms with Crippen molar-refractivity contribution in [2.24, 2.45) is 0 Å². The number of nitrogens with zero attached hydrogens (tertiary/aromatic N) is 2. The highest BCUT2D eigenvalue weighted by Crippen LogP contribution is 2.42. The van der Waals surface area contributed by atoms with Crippen LogP contribution in [-0.4, -0.2) is 85.6 Å². The van der Waals surface area contributed by atoms with Crippen LogP contribution in [0.2, 0.25) is 0 Å². The summed E-state index contributed by atoms with van der Waals surface area (Å²) in [6.45, 7) is 14.4. The average molecular weight is 647 g/mol. The SMILES string of the molecule is CCOc1ccc([C@@](CCC=N)(CCN2CCC(N3CCCCC3)CC2)CC(=N)C(=O)Cc2cccc(OC(C)C)c2)cc1OCC. The summed E-state index contributed by atoms with van der Waals surface area (Å²) in [6, 6.07) is 14.4. The van der Waals surface area contributed by atoms with Crippen molar-refractivity contribution in [1.29, 1.82) is 10.8 Å². The molecule has 2 saturated heterocycles. The van der Waals surface area contributed by atoms with E-state index >= 15 is 0 Å². The fraction of sp³-hybridized carbons (Fsp3) is 0.615. The summed E-state index contributed by atoms with van der Waals surface area (Å²) in [5.74, 6) is 1.95. The largest absolute Gasteiger partial charge is 0.491 e. The van der Waals surface area contributed by atoms with Gasteiger partial charge in [-0.25, -0.2) is 0 Å². The van der Waals surface area contributed by atoms with Gasteiger partial charge in [-0.1, -0.05) is 24.6 Å². The predicted molar refractivity (Wildman–Crippen MR) is 191 cm³/mol. The molecule has 8 heteroatoms. The van der Waals surface area contributed by atoms with Gasteiger partial charge in [0.05, 0.1) is 25.0 Å². The normalized spacial score (nSPS) is 17.6. The van der Waals surface area contributed by atoms with Crippen LogP contribution in [0, 0.1) is 10.8 Å². The summed E-state index contributed by atoms with van der Waals surface area (Å²) in [4.78, 5) is 18.9. The third-order valence-corrected chi connectivity index (χ3v) is 9.78. The molecule has 2 heterocycles. The van der Waals surface area contributed by atoms with Crippen molar-refractivity contribution in [3.63, 3.8) is 0 Å². The van der Waals surface area contributed by atoms with E-state index in [2.05, 4.69) is 21.9 Å². The summed E-state index contributed by atoms with van der Waals surface area (Å²) >= 11 is 0. The minimum Gasteiger partial charge on any atom is -0.491 e. The number of benzene rings is 2. The Hall–Kier alpha value is -3.23. The highest BCUT2D eigenvalue weighted by molar-refractivity contribution is 6.39. The van der Waals surface area contributed by atoms with Crippen LogP contribution < -0.4 is 14.2 Å². The van der Waals surface area contributed by atoms with Gasteiger partial charge in [-0.15, -0.1) is 0 Å². The van der Waals surface area contributed by atoms with E-state index in [1.807, 2.05) is 58.0 Å². The van der Waals surface area contributed by atoms with Crippen molar-refractivity contribution in [3.8, 4) is 17.2 Å². The number of nitrogens with one attached hydrogen (secondary N) is 2. The van der Waals surface area contributed by atoms with Gasteiger partial charge in [-0.2, -0.15) is 0 Å². The van der Waals surface area contributed by atoms with E-state index in [9.17, 15) is 4.79 Å². The van der Waals surface area contributed by atoms with Crippen LogP contribution in [-0.2, 0) is 16.6 Å². The molecule has 2 aromatic carbocycles. The highest BCUT2D eigenvalue weighted by Gasteiger charge is 2.36. The quantitative estimate of drug-likeness (QED) is 0.153. The Balaban J connectivity index is 1.57. The maximum atomic E-state index is 13.7. The minimum atomic E-state index is -0.507. The number of ether oxygens (including phenoxy) is 3. The molecule has 0 aromatic heterocycles. The lowest BCUT2D eigenvalue weighted by atomic mass is 9.69. The number of Topliss-reactive ketones (excluding diaryl/α,β-unsaturated/α-hetero) is 1. The Kier molecular flexibility index (Phi) is 14.3. The molecule has 0 unspecified atom stereocenters. The summed E-state index contributed by atoms with van der Waals surface area (Å²) in [5, 5.41) is 17.1. The molecule has 0 amide bonds. The maximum Gasteiger partial charge on any atom is 0.180 e. The number of ketones is 1. The Morgan fingerprint density at radius 1 is 0.957 bits per heavy atom. The van der Waals surface area contributed by atoms with Crippen LogP contribution in [0.3, 0.4) is 0 Å². The summed E-state index contributed by atoms with van der Waals surface area (Å²) in [6.07, 6.45) is 10.4. The number of rotatable bonds is 19. The summed E-state index contributed by atoms with van der Waals surface area (Å²) in [7, 11) is 0. The molecule has 47 heavy (non-hydrogen) atoms. The maximum absolute atomic E-state index is 13.7. The van der Waals surface area contributed by atoms with Crippen LogP contribution in [0.1, 0.15) is 96.6 Å². The number of piperidine rings is 2. The van der Waals surface area contributed by atoms with Crippen LogP contribution in [0.15, 0.2) is 42.5 Å². The predicted octanol–water partition coefficient (Wildman–Crippen LogP) is 7.50. The summed E-state index contributed by atoms with van der Waals surface area (Å²) in [5.41, 5.74) is 1.51. The van der Waals surface area contributed by atoms with Crippen LogP contribution in [0.25, 0.3) is 0 Å². The molecule has 0 bridgehead atoms. The second kappa shape index (κ2) is 18.3. The van der Waals surface area contributed by atoms with Gasteiger partial charge in [-0.3, -0.25) is 4.79 Å². The van der Waals surface area contributed by atoms with Crippen molar-refractivity contribution >= 4 is 17.7 Å². The Morgan fingerprint density at radius 3 is 2.36 bits per heavy atom. The first-order chi connectivity index (χ1) is 22.8. The van der Waals surface area contributed by atoms with E-state index in [4.69, 9.17) is 25.0 Å². The van der Waals surface area contributed by atoms with Crippen molar-refractivity contribution < 1.29 is 19.0 Å². The van der Waals surface area contributed by atoms with Crippen molar-refractivity contribution in [1.82, 2.24) is 9.80 Å². The Labute approximate surface area is 283 Å². The van der Waals surface area contributed by atoms with E-state index in [1.54, 1.807) is 0 Å². The molecule has 0 saturated carbocycles.